The van der Waals surface area contributed by atoms with E-state index in [-0.39, 0.29) is 18.7 Å². The molecule has 1 saturated heterocycles. The molecule has 1 fully saturated rings. The van der Waals surface area contributed by atoms with E-state index in [9.17, 15) is 9.90 Å². The zero-order valence-electron chi connectivity index (χ0n) is 16.1. The molecule has 1 N–H and O–H groups in total. The quantitative estimate of drug-likeness (QED) is 0.697. The summed E-state index contributed by atoms with van der Waals surface area (Å²) in [6.45, 7) is 6.41. The SMILES string of the molecule is CC(C)(C)OC(=O)N1CCC(n2c3ccccc3c3ccccc32)[C@@H](O)C1. The molecule has 1 aliphatic heterocycles. The first-order chi connectivity index (χ1) is 12.8. The average molecular weight is 366 g/mol. The van der Waals surface area contributed by atoms with Crippen LogP contribution in [0.2, 0.25) is 0 Å². The minimum absolute atomic E-state index is 0.0755. The Morgan fingerprint density at radius 2 is 1.59 bits per heavy atom. The molecule has 2 atom stereocenters. The molecule has 2 heterocycles. The zero-order valence-corrected chi connectivity index (χ0v) is 16.1. The zero-order chi connectivity index (χ0) is 19.2. The number of carbonyl (C=O) groups is 1. The number of piperidine rings is 1. The lowest BCUT2D eigenvalue weighted by Gasteiger charge is -2.37. The van der Waals surface area contributed by atoms with E-state index >= 15 is 0 Å². The first-order valence-electron chi connectivity index (χ1n) is 9.49. The molecule has 142 valence electrons. The van der Waals surface area contributed by atoms with Gasteiger partial charge in [0.15, 0.2) is 0 Å². The van der Waals surface area contributed by atoms with Gasteiger partial charge in [-0.1, -0.05) is 36.4 Å². The van der Waals surface area contributed by atoms with Gasteiger partial charge in [-0.2, -0.15) is 0 Å². The number of hydrogen-bond acceptors (Lipinski definition) is 3. The summed E-state index contributed by atoms with van der Waals surface area (Å²) in [4.78, 5) is 14.0. The van der Waals surface area contributed by atoms with E-state index < -0.39 is 11.7 Å². The van der Waals surface area contributed by atoms with Crippen molar-refractivity contribution >= 4 is 27.9 Å². The fourth-order valence-electron chi connectivity index (χ4n) is 4.02. The molecule has 4 rings (SSSR count). The van der Waals surface area contributed by atoms with Gasteiger partial charge in [0, 0.05) is 28.4 Å². The Morgan fingerprint density at radius 3 is 2.11 bits per heavy atom. The average Bonchev–Trinajstić information content (AvgIpc) is 2.95. The maximum atomic E-state index is 12.4. The Balaban J connectivity index is 1.66. The highest BCUT2D eigenvalue weighted by molar-refractivity contribution is 6.08. The first kappa shape index (κ1) is 17.9. The third kappa shape index (κ3) is 3.28. The molecule has 1 amide bonds. The molecule has 0 spiro atoms. The Hall–Kier alpha value is -2.53. The molecular weight excluding hydrogens is 340 g/mol. The molecule has 3 aromatic rings. The monoisotopic (exact) mass is 366 g/mol. The predicted octanol–water partition coefficient (Wildman–Crippen LogP) is 4.34. The van der Waals surface area contributed by atoms with Crippen LogP contribution >= 0.6 is 0 Å². The van der Waals surface area contributed by atoms with Crippen LogP contribution in [-0.4, -0.2) is 45.5 Å². The number of fused-ring (bicyclic) bond motifs is 3. The van der Waals surface area contributed by atoms with Gasteiger partial charge in [-0.25, -0.2) is 4.79 Å². The lowest BCUT2D eigenvalue weighted by molar-refractivity contribution is -0.00880. The summed E-state index contributed by atoms with van der Waals surface area (Å²) in [5.74, 6) is 0. The van der Waals surface area contributed by atoms with E-state index in [0.717, 1.165) is 11.0 Å². The van der Waals surface area contributed by atoms with Crippen LogP contribution in [0.1, 0.15) is 33.2 Å². The van der Waals surface area contributed by atoms with Gasteiger partial charge >= 0.3 is 6.09 Å². The molecule has 5 nitrogen and oxygen atoms in total. The molecule has 27 heavy (non-hydrogen) atoms. The number of para-hydroxylation sites is 2. The number of amides is 1. The topological polar surface area (TPSA) is 54.7 Å². The minimum Gasteiger partial charge on any atom is -0.444 e. The van der Waals surface area contributed by atoms with E-state index in [1.54, 1.807) is 4.90 Å². The second-order valence-electron chi connectivity index (χ2n) is 8.25. The van der Waals surface area contributed by atoms with E-state index in [0.29, 0.717) is 13.0 Å². The Kier molecular flexibility index (Phi) is 4.35. The lowest BCUT2D eigenvalue weighted by Crippen LogP contribution is -2.48. The predicted molar refractivity (Wildman–Crippen MR) is 107 cm³/mol. The molecule has 0 saturated carbocycles. The second kappa shape index (κ2) is 6.57. The number of aliphatic hydroxyl groups excluding tert-OH is 1. The third-order valence-electron chi connectivity index (χ3n) is 5.15. The molecule has 1 aliphatic rings. The van der Waals surface area contributed by atoms with Crippen LogP contribution in [0.25, 0.3) is 21.8 Å². The minimum atomic E-state index is -0.648. The number of aliphatic hydroxyl groups is 1. The van der Waals surface area contributed by atoms with Crippen molar-refractivity contribution in [1.82, 2.24) is 9.47 Å². The number of carbonyl (C=O) groups excluding carboxylic acids is 1. The van der Waals surface area contributed by atoms with Gasteiger partial charge in [0.25, 0.3) is 0 Å². The molecular formula is C22H26N2O3. The molecule has 0 aliphatic carbocycles. The van der Waals surface area contributed by atoms with Crippen molar-refractivity contribution in [2.24, 2.45) is 0 Å². The van der Waals surface area contributed by atoms with E-state index in [2.05, 4.69) is 28.8 Å². The van der Waals surface area contributed by atoms with Crippen LogP contribution in [0.15, 0.2) is 48.5 Å². The fourth-order valence-corrected chi connectivity index (χ4v) is 4.02. The van der Waals surface area contributed by atoms with Crippen molar-refractivity contribution in [1.29, 1.82) is 0 Å². The number of β-amino-alcohol motifs (C(OH)–C–C–N with tert-alkyl or cyclic N) is 1. The van der Waals surface area contributed by atoms with Crippen LogP contribution in [0.5, 0.6) is 0 Å². The summed E-state index contributed by atoms with van der Waals surface area (Å²) in [6, 6.07) is 16.5. The summed E-state index contributed by atoms with van der Waals surface area (Å²) in [5.41, 5.74) is 1.70. The maximum Gasteiger partial charge on any atom is 0.410 e. The summed E-state index contributed by atoms with van der Waals surface area (Å²) < 4.78 is 7.70. The molecule has 1 aromatic heterocycles. The first-order valence-corrected chi connectivity index (χ1v) is 9.49. The fraction of sp³-hybridized carbons (Fsp3) is 0.409. The van der Waals surface area contributed by atoms with E-state index in [1.807, 2.05) is 45.0 Å². The van der Waals surface area contributed by atoms with Crippen LogP contribution in [0, 0.1) is 0 Å². The molecule has 0 radical (unpaired) electrons. The Labute approximate surface area is 159 Å². The Morgan fingerprint density at radius 1 is 1.04 bits per heavy atom. The van der Waals surface area contributed by atoms with E-state index in [4.69, 9.17) is 4.74 Å². The van der Waals surface area contributed by atoms with E-state index in [1.165, 1.54) is 10.8 Å². The van der Waals surface area contributed by atoms with Crippen LogP contribution in [0.3, 0.4) is 0 Å². The van der Waals surface area contributed by atoms with Crippen molar-refractivity contribution in [3.8, 4) is 0 Å². The maximum absolute atomic E-state index is 12.4. The molecule has 1 unspecified atom stereocenters. The third-order valence-corrected chi connectivity index (χ3v) is 5.15. The second-order valence-corrected chi connectivity index (χ2v) is 8.25. The van der Waals surface area contributed by atoms with Gasteiger partial charge in [-0.05, 0) is 39.3 Å². The van der Waals surface area contributed by atoms with Gasteiger partial charge in [0.1, 0.15) is 5.60 Å². The Bertz CT molecular complexity index is 933. The van der Waals surface area contributed by atoms with Crippen molar-refractivity contribution in [2.45, 2.75) is 44.9 Å². The normalized spacial score (nSPS) is 21.0. The number of nitrogens with zero attached hydrogens (tertiary/aromatic N) is 2. The molecule has 5 heteroatoms. The number of hydrogen-bond donors (Lipinski definition) is 1. The molecule has 2 aromatic carbocycles. The van der Waals surface area contributed by atoms with Crippen molar-refractivity contribution < 1.29 is 14.6 Å². The van der Waals surface area contributed by atoms with Crippen LogP contribution in [0.4, 0.5) is 4.79 Å². The largest absolute Gasteiger partial charge is 0.444 e. The van der Waals surface area contributed by atoms with Crippen molar-refractivity contribution in [2.75, 3.05) is 13.1 Å². The highest BCUT2D eigenvalue weighted by Gasteiger charge is 2.34. The number of ether oxygens (including phenoxy) is 1. The van der Waals surface area contributed by atoms with Gasteiger partial charge in [0.05, 0.1) is 18.7 Å². The molecule has 0 bridgehead atoms. The summed E-state index contributed by atoms with van der Waals surface area (Å²) in [7, 11) is 0. The summed E-state index contributed by atoms with van der Waals surface area (Å²) >= 11 is 0. The number of benzene rings is 2. The summed E-state index contributed by atoms with van der Waals surface area (Å²) in [6.07, 6.45) is -0.323. The number of rotatable bonds is 1. The number of aromatic nitrogens is 1. The summed E-state index contributed by atoms with van der Waals surface area (Å²) in [5, 5.41) is 13.3. The smallest absolute Gasteiger partial charge is 0.410 e. The van der Waals surface area contributed by atoms with Gasteiger partial charge < -0.3 is 19.3 Å². The van der Waals surface area contributed by atoms with Crippen molar-refractivity contribution in [3.05, 3.63) is 48.5 Å². The standard InChI is InChI=1S/C22H26N2O3/c1-22(2,3)27-21(26)23-13-12-19(20(25)14-23)24-17-10-6-4-8-15(17)16-9-5-7-11-18(16)24/h4-11,19-20,25H,12-14H2,1-3H3/t19?,20-/m0/s1. The number of likely N-dealkylation sites (tertiary alicyclic amines) is 1. The highest BCUT2D eigenvalue weighted by Crippen LogP contribution is 2.35. The van der Waals surface area contributed by atoms with Gasteiger partial charge in [-0.3, -0.25) is 0 Å². The lowest BCUT2D eigenvalue weighted by atomic mass is 10.0. The van der Waals surface area contributed by atoms with Crippen molar-refractivity contribution in [3.63, 3.8) is 0 Å². The van der Waals surface area contributed by atoms with Crippen LogP contribution < -0.4 is 0 Å². The van der Waals surface area contributed by atoms with Gasteiger partial charge in [0.2, 0.25) is 0 Å². The van der Waals surface area contributed by atoms with Gasteiger partial charge in [-0.15, -0.1) is 0 Å². The highest BCUT2D eigenvalue weighted by atomic mass is 16.6. The van der Waals surface area contributed by atoms with Crippen LogP contribution in [-0.2, 0) is 4.74 Å².